The van der Waals surface area contributed by atoms with Crippen molar-refractivity contribution in [2.75, 3.05) is 19.6 Å². The van der Waals surface area contributed by atoms with Gasteiger partial charge in [0.2, 0.25) is 15.9 Å². The summed E-state index contributed by atoms with van der Waals surface area (Å²) in [7, 11) is -3.75. The highest BCUT2D eigenvalue weighted by Crippen LogP contribution is 2.21. The molecule has 3 rings (SSSR count). The summed E-state index contributed by atoms with van der Waals surface area (Å²) < 4.78 is 28.0. The van der Waals surface area contributed by atoms with Gasteiger partial charge in [0.1, 0.15) is 0 Å². The molecule has 0 atom stereocenters. The summed E-state index contributed by atoms with van der Waals surface area (Å²) in [5.74, 6) is -0.225. The van der Waals surface area contributed by atoms with Crippen LogP contribution >= 0.6 is 0 Å². The molecule has 0 radical (unpaired) electrons. The van der Waals surface area contributed by atoms with Crippen LogP contribution in [0.25, 0.3) is 0 Å². The first-order valence-electron chi connectivity index (χ1n) is 11.6. The minimum atomic E-state index is -3.75. The summed E-state index contributed by atoms with van der Waals surface area (Å²) in [6.45, 7) is 3.96. The predicted octanol–water partition coefficient (Wildman–Crippen LogP) is 3.32. The van der Waals surface area contributed by atoms with Crippen molar-refractivity contribution in [2.45, 2.75) is 50.5 Å². The van der Waals surface area contributed by atoms with Gasteiger partial charge in [0.15, 0.2) is 0 Å². The molecule has 2 amide bonds. The summed E-state index contributed by atoms with van der Waals surface area (Å²) in [6, 6.07) is 15.4. The minimum Gasteiger partial charge on any atom is -0.356 e. The molecule has 178 valence electrons. The number of unbranched alkanes of at least 4 members (excludes halogenated alkanes) is 2. The summed E-state index contributed by atoms with van der Waals surface area (Å²) in [4.78, 5) is 27.1. The third-order valence-corrected chi connectivity index (χ3v) is 7.33. The second kappa shape index (κ2) is 12.0. The van der Waals surface area contributed by atoms with Crippen LogP contribution < -0.4 is 10.0 Å². The Bertz CT molecular complexity index is 1030. The van der Waals surface area contributed by atoms with Gasteiger partial charge in [0.05, 0.1) is 4.90 Å². The van der Waals surface area contributed by atoms with Crippen LogP contribution in [0.2, 0.25) is 0 Å². The molecule has 0 aliphatic carbocycles. The highest BCUT2D eigenvalue weighted by atomic mass is 32.2. The number of hydrogen-bond donors (Lipinski definition) is 2. The van der Waals surface area contributed by atoms with Crippen molar-refractivity contribution in [1.82, 2.24) is 14.9 Å². The Labute approximate surface area is 196 Å². The van der Waals surface area contributed by atoms with Crippen molar-refractivity contribution in [3.8, 4) is 0 Å². The molecular formula is C25H33N3O4S. The molecule has 1 aliphatic heterocycles. The number of sulfonamides is 1. The number of likely N-dealkylation sites (tertiary alicyclic amines) is 1. The lowest BCUT2D eigenvalue weighted by molar-refractivity contribution is -0.126. The molecule has 8 heteroatoms. The Morgan fingerprint density at radius 2 is 1.73 bits per heavy atom. The van der Waals surface area contributed by atoms with Crippen molar-refractivity contribution >= 4 is 21.8 Å². The highest BCUT2D eigenvalue weighted by Gasteiger charge is 2.28. The van der Waals surface area contributed by atoms with Gasteiger partial charge < -0.3 is 10.2 Å². The molecule has 2 aromatic rings. The topological polar surface area (TPSA) is 95.6 Å². The van der Waals surface area contributed by atoms with Crippen molar-refractivity contribution in [3.05, 3.63) is 65.7 Å². The number of amides is 2. The normalized spacial score (nSPS) is 14.8. The van der Waals surface area contributed by atoms with Gasteiger partial charge in [-0.3, -0.25) is 9.59 Å². The van der Waals surface area contributed by atoms with Crippen LogP contribution in [-0.4, -0.2) is 44.8 Å². The van der Waals surface area contributed by atoms with E-state index in [-0.39, 0.29) is 29.2 Å². The lowest BCUT2D eigenvalue weighted by Crippen LogP contribution is -2.43. The molecule has 1 fully saturated rings. The van der Waals surface area contributed by atoms with E-state index in [1.165, 1.54) is 12.1 Å². The summed E-state index contributed by atoms with van der Waals surface area (Å²) in [6.07, 6.45) is 4.43. The first kappa shape index (κ1) is 24.9. The molecular weight excluding hydrogens is 438 g/mol. The van der Waals surface area contributed by atoms with Crippen LogP contribution in [0.4, 0.5) is 0 Å². The fourth-order valence-electron chi connectivity index (χ4n) is 3.91. The van der Waals surface area contributed by atoms with Crippen molar-refractivity contribution in [3.63, 3.8) is 0 Å². The van der Waals surface area contributed by atoms with E-state index in [4.69, 9.17) is 0 Å². The molecule has 0 saturated carbocycles. The van der Waals surface area contributed by atoms with Crippen LogP contribution in [-0.2, 0) is 21.4 Å². The van der Waals surface area contributed by atoms with E-state index in [1.54, 1.807) is 17.0 Å². The fourth-order valence-corrected chi connectivity index (χ4v) is 4.98. The number of carbonyl (C=O) groups excluding carboxylic acids is 2. The maximum atomic E-state index is 13.0. The maximum absolute atomic E-state index is 13.0. The summed E-state index contributed by atoms with van der Waals surface area (Å²) >= 11 is 0. The zero-order valence-corrected chi connectivity index (χ0v) is 19.9. The molecule has 0 spiro atoms. The van der Waals surface area contributed by atoms with Gasteiger partial charge in [-0.1, -0.05) is 56.2 Å². The Hall–Kier alpha value is -2.71. The molecule has 1 saturated heterocycles. The quantitative estimate of drug-likeness (QED) is 0.520. The monoisotopic (exact) mass is 471 g/mol. The smallest absolute Gasteiger partial charge is 0.253 e. The van der Waals surface area contributed by atoms with E-state index in [9.17, 15) is 18.0 Å². The van der Waals surface area contributed by atoms with Crippen LogP contribution in [0.15, 0.2) is 59.5 Å². The summed E-state index contributed by atoms with van der Waals surface area (Å²) in [5.41, 5.74) is 1.19. The molecule has 2 aromatic carbocycles. The number of nitrogens with one attached hydrogen (secondary N) is 2. The second-order valence-electron chi connectivity index (χ2n) is 8.40. The van der Waals surface area contributed by atoms with E-state index in [2.05, 4.69) is 17.0 Å². The third-order valence-electron chi connectivity index (χ3n) is 5.93. The lowest BCUT2D eigenvalue weighted by Gasteiger charge is -2.31. The fraction of sp³-hybridized carbons (Fsp3) is 0.440. The predicted molar refractivity (Wildman–Crippen MR) is 128 cm³/mol. The Balaban J connectivity index is 1.56. The zero-order chi connectivity index (χ0) is 23.7. The van der Waals surface area contributed by atoms with Gasteiger partial charge in [-0.25, -0.2) is 13.1 Å². The minimum absolute atomic E-state index is 0.0608. The van der Waals surface area contributed by atoms with Gasteiger partial charge in [-0.05, 0) is 43.0 Å². The van der Waals surface area contributed by atoms with Gasteiger partial charge in [-0.2, -0.15) is 0 Å². The summed E-state index contributed by atoms with van der Waals surface area (Å²) in [5, 5.41) is 2.99. The number of nitrogens with zero attached hydrogens (tertiary/aromatic N) is 1. The molecule has 0 unspecified atom stereocenters. The van der Waals surface area contributed by atoms with Crippen LogP contribution in [0.1, 0.15) is 54.9 Å². The average Bonchev–Trinajstić information content (AvgIpc) is 2.86. The van der Waals surface area contributed by atoms with Crippen molar-refractivity contribution in [2.24, 2.45) is 5.92 Å². The number of carbonyl (C=O) groups is 2. The standard InChI is InChI=1S/C25H33N3O4S/c1-2-3-7-15-26-24(29)21-13-16-28(17-14-21)25(30)22-11-8-12-23(18-22)33(31,32)27-19-20-9-5-4-6-10-20/h4-6,8-12,18,21,27H,2-3,7,13-17,19H2,1H3,(H,26,29). The Kier molecular flexibility index (Phi) is 9.03. The van der Waals surface area contributed by atoms with Crippen LogP contribution in [0, 0.1) is 5.92 Å². The largest absolute Gasteiger partial charge is 0.356 e. The van der Waals surface area contributed by atoms with E-state index in [0.29, 0.717) is 38.0 Å². The average molecular weight is 472 g/mol. The second-order valence-corrected chi connectivity index (χ2v) is 10.2. The number of benzene rings is 2. The third kappa shape index (κ3) is 7.14. The molecule has 33 heavy (non-hydrogen) atoms. The van der Waals surface area contributed by atoms with Crippen molar-refractivity contribution in [1.29, 1.82) is 0 Å². The first-order chi connectivity index (χ1) is 15.9. The number of piperidine rings is 1. The van der Waals surface area contributed by atoms with E-state index in [1.807, 2.05) is 30.3 Å². The molecule has 1 aliphatic rings. The van der Waals surface area contributed by atoms with Gasteiger partial charge in [-0.15, -0.1) is 0 Å². The van der Waals surface area contributed by atoms with E-state index >= 15 is 0 Å². The molecule has 2 N–H and O–H groups in total. The zero-order valence-electron chi connectivity index (χ0n) is 19.1. The lowest BCUT2D eigenvalue weighted by atomic mass is 9.95. The van der Waals surface area contributed by atoms with E-state index in [0.717, 1.165) is 24.8 Å². The maximum Gasteiger partial charge on any atom is 0.253 e. The van der Waals surface area contributed by atoms with Gasteiger partial charge in [0, 0.05) is 37.7 Å². The molecule has 0 bridgehead atoms. The molecule has 0 aromatic heterocycles. The Morgan fingerprint density at radius 3 is 2.42 bits per heavy atom. The number of hydrogen-bond acceptors (Lipinski definition) is 4. The van der Waals surface area contributed by atoms with Gasteiger partial charge >= 0.3 is 0 Å². The van der Waals surface area contributed by atoms with Crippen LogP contribution in [0.3, 0.4) is 0 Å². The molecule has 1 heterocycles. The SMILES string of the molecule is CCCCCNC(=O)C1CCN(C(=O)c2cccc(S(=O)(=O)NCc3ccccc3)c2)CC1. The van der Waals surface area contributed by atoms with E-state index < -0.39 is 10.0 Å². The first-order valence-corrected chi connectivity index (χ1v) is 13.1. The van der Waals surface area contributed by atoms with Crippen molar-refractivity contribution < 1.29 is 18.0 Å². The number of rotatable bonds is 10. The van der Waals surface area contributed by atoms with Gasteiger partial charge in [0.25, 0.3) is 5.91 Å². The van der Waals surface area contributed by atoms with Crippen LogP contribution in [0.5, 0.6) is 0 Å². The molecule has 7 nitrogen and oxygen atoms in total. The Morgan fingerprint density at radius 1 is 1.00 bits per heavy atom. The highest BCUT2D eigenvalue weighted by molar-refractivity contribution is 7.89.